The summed E-state index contributed by atoms with van der Waals surface area (Å²) in [4.78, 5) is 13.2. The van der Waals surface area contributed by atoms with E-state index in [0.717, 1.165) is 24.1 Å². The molecule has 1 heterocycles. The second-order valence-electron chi connectivity index (χ2n) is 3.55. The van der Waals surface area contributed by atoms with Crippen LogP contribution in [0.5, 0.6) is 0 Å². The second kappa shape index (κ2) is 4.82. The molecule has 0 saturated carbocycles. The molecule has 1 amide bonds. The highest BCUT2D eigenvalue weighted by atomic mass is 16.5. The summed E-state index contributed by atoms with van der Waals surface area (Å²) >= 11 is 0. The molecule has 1 rings (SSSR count). The van der Waals surface area contributed by atoms with Gasteiger partial charge in [-0.25, -0.2) is 4.79 Å². The summed E-state index contributed by atoms with van der Waals surface area (Å²) in [5.74, 6) is 0. The van der Waals surface area contributed by atoms with Crippen LogP contribution in [0.1, 0.15) is 19.8 Å². The fourth-order valence-electron chi connectivity index (χ4n) is 1.83. The van der Waals surface area contributed by atoms with Crippen molar-refractivity contribution < 1.29 is 9.53 Å². The summed E-state index contributed by atoms with van der Waals surface area (Å²) in [5.41, 5.74) is 1.86. The van der Waals surface area contributed by atoms with Gasteiger partial charge in [-0.15, -0.1) is 0 Å². The normalized spacial score (nSPS) is 21.2. The van der Waals surface area contributed by atoms with E-state index in [9.17, 15) is 4.79 Å². The van der Waals surface area contributed by atoms with E-state index in [1.807, 2.05) is 6.92 Å². The summed E-state index contributed by atoms with van der Waals surface area (Å²) < 4.78 is 4.76. The van der Waals surface area contributed by atoms with Crippen LogP contribution >= 0.6 is 0 Å². The molecule has 0 saturated heterocycles. The molecule has 0 radical (unpaired) electrons. The molecule has 15 heavy (non-hydrogen) atoms. The van der Waals surface area contributed by atoms with E-state index in [-0.39, 0.29) is 12.1 Å². The van der Waals surface area contributed by atoms with Crippen LogP contribution in [0.4, 0.5) is 4.79 Å². The Balaban J connectivity index is 3.12. The van der Waals surface area contributed by atoms with Crippen LogP contribution in [0.25, 0.3) is 0 Å². The van der Waals surface area contributed by atoms with Crippen molar-refractivity contribution >= 4 is 6.09 Å². The maximum atomic E-state index is 11.6. The number of rotatable bonds is 2. The lowest BCUT2D eigenvalue weighted by molar-refractivity contribution is 0.120. The molecule has 82 valence electrons. The standard InChI is InChI=1S/C12H17NO2/c1-5-10-8-7-9(3)13(11(10)6-2)12(14)15-4/h5-6,9H,1-2,7-8H2,3-4H3. The van der Waals surface area contributed by atoms with Crippen molar-refractivity contribution in [2.24, 2.45) is 0 Å². The Kier molecular flexibility index (Phi) is 3.72. The van der Waals surface area contributed by atoms with E-state index in [1.165, 1.54) is 7.11 Å². The van der Waals surface area contributed by atoms with E-state index in [1.54, 1.807) is 17.1 Å². The van der Waals surface area contributed by atoms with Gasteiger partial charge in [0.15, 0.2) is 0 Å². The first-order chi connectivity index (χ1) is 7.15. The van der Waals surface area contributed by atoms with Gasteiger partial charge in [0.05, 0.1) is 7.11 Å². The van der Waals surface area contributed by atoms with Crippen LogP contribution < -0.4 is 0 Å². The van der Waals surface area contributed by atoms with Crippen LogP contribution in [-0.2, 0) is 4.74 Å². The molecule has 0 aromatic carbocycles. The smallest absolute Gasteiger partial charge is 0.414 e. The first-order valence-electron chi connectivity index (χ1n) is 5.00. The first kappa shape index (κ1) is 11.6. The highest BCUT2D eigenvalue weighted by molar-refractivity contribution is 5.72. The summed E-state index contributed by atoms with van der Waals surface area (Å²) in [7, 11) is 1.39. The third-order valence-electron chi connectivity index (χ3n) is 2.67. The number of ether oxygens (including phenoxy) is 1. The molecule has 0 spiro atoms. The number of allylic oxidation sites excluding steroid dienone is 3. The number of hydrogen-bond donors (Lipinski definition) is 0. The Hall–Kier alpha value is -1.51. The Labute approximate surface area is 90.7 Å². The maximum absolute atomic E-state index is 11.6. The predicted molar refractivity (Wildman–Crippen MR) is 60.4 cm³/mol. The minimum Gasteiger partial charge on any atom is -0.452 e. The molecular weight excluding hydrogens is 190 g/mol. The highest BCUT2D eigenvalue weighted by Gasteiger charge is 2.28. The van der Waals surface area contributed by atoms with E-state index in [4.69, 9.17) is 4.74 Å². The van der Waals surface area contributed by atoms with Gasteiger partial charge in [-0.05, 0) is 31.4 Å². The van der Waals surface area contributed by atoms with Crippen molar-refractivity contribution in [2.45, 2.75) is 25.8 Å². The molecule has 0 aromatic heterocycles. The fourth-order valence-corrected chi connectivity index (χ4v) is 1.83. The molecule has 0 bridgehead atoms. The highest BCUT2D eigenvalue weighted by Crippen LogP contribution is 2.28. The lowest BCUT2D eigenvalue weighted by atomic mass is 9.97. The molecule has 0 N–H and O–H groups in total. The minimum absolute atomic E-state index is 0.147. The number of nitrogens with zero attached hydrogens (tertiary/aromatic N) is 1. The van der Waals surface area contributed by atoms with Gasteiger partial charge in [-0.3, -0.25) is 4.90 Å². The Morgan fingerprint density at radius 1 is 1.53 bits per heavy atom. The van der Waals surface area contributed by atoms with Gasteiger partial charge in [-0.2, -0.15) is 0 Å². The first-order valence-corrected chi connectivity index (χ1v) is 5.00. The van der Waals surface area contributed by atoms with Crippen molar-refractivity contribution in [3.63, 3.8) is 0 Å². The molecule has 1 aliphatic heterocycles. The summed E-state index contributed by atoms with van der Waals surface area (Å²) in [6.07, 6.45) is 4.98. The third-order valence-corrected chi connectivity index (χ3v) is 2.67. The van der Waals surface area contributed by atoms with Crippen LogP contribution in [0.3, 0.4) is 0 Å². The summed E-state index contributed by atoms with van der Waals surface area (Å²) in [6, 6.07) is 0.147. The van der Waals surface area contributed by atoms with Gasteiger partial charge in [-0.1, -0.05) is 19.2 Å². The third kappa shape index (κ3) is 2.12. The number of carbonyl (C=O) groups excluding carboxylic acids is 1. The lowest BCUT2D eigenvalue weighted by Crippen LogP contribution is -2.40. The Morgan fingerprint density at radius 2 is 2.20 bits per heavy atom. The number of carbonyl (C=O) groups is 1. The van der Waals surface area contributed by atoms with Crippen LogP contribution in [0.15, 0.2) is 36.6 Å². The predicted octanol–water partition coefficient (Wildman–Crippen LogP) is 2.86. The monoisotopic (exact) mass is 207 g/mol. The number of amides is 1. The topological polar surface area (TPSA) is 29.5 Å². The Morgan fingerprint density at radius 3 is 2.67 bits per heavy atom. The van der Waals surface area contributed by atoms with Crippen molar-refractivity contribution in [3.8, 4) is 0 Å². The maximum Gasteiger partial charge on any atom is 0.414 e. The second-order valence-corrected chi connectivity index (χ2v) is 3.55. The van der Waals surface area contributed by atoms with Gasteiger partial charge in [0.25, 0.3) is 0 Å². The summed E-state index contributed by atoms with van der Waals surface area (Å²) in [5, 5.41) is 0. The zero-order valence-corrected chi connectivity index (χ0v) is 9.32. The van der Waals surface area contributed by atoms with Crippen molar-refractivity contribution in [1.29, 1.82) is 0 Å². The molecule has 1 atom stereocenters. The van der Waals surface area contributed by atoms with Gasteiger partial charge in [0.2, 0.25) is 0 Å². The van der Waals surface area contributed by atoms with Gasteiger partial charge >= 0.3 is 6.09 Å². The van der Waals surface area contributed by atoms with Gasteiger partial charge in [0.1, 0.15) is 0 Å². The molecule has 0 aliphatic carbocycles. The molecule has 0 aromatic rings. The average Bonchev–Trinajstić information content (AvgIpc) is 2.27. The minimum atomic E-state index is -0.337. The largest absolute Gasteiger partial charge is 0.452 e. The lowest BCUT2D eigenvalue weighted by Gasteiger charge is -2.34. The van der Waals surface area contributed by atoms with Gasteiger partial charge < -0.3 is 4.74 Å². The number of methoxy groups -OCH3 is 1. The van der Waals surface area contributed by atoms with E-state index >= 15 is 0 Å². The summed E-state index contributed by atoms with van der Waals surface area (Å²) in [6.45, 7) is 9.47. The molecule has 1 unspecified atom stereocenters. The van der Waals surface area contributed by atoms with Gasteiger partial charge in [0, 0.05) is 11.7 Å². The fraction of sp³-hybridized carbons (Fsp3) is 0.417. The zero-order chi connectivity index (χ0) is 11.4. The molecule has 1 aliphatic rings. The van der Waals surface area contributed by atoms with E-state index in [0.29, 0.717) is 0 Å². The van der Waals surface area contributed by atoms with Crippen molar-refractivity contribution in [2.75, 3.05) is 7.11 Å². The molecule has 3 heteroatoms. The average molecular weight is 207 g/mol. The molecular formula is C12H17NO2. The quantitative estimate of drug-likeness (QED) is 0.696. The zero-order valence-electron chi connectivity index (χ0n) is 9.32. The van der Waals surface area contributed by atoms with Crippen LogP contribution in [0, 0.1) is 0 Å². The van der Waals surface area contributed by atoms with Crippen LogP contribution in [0.2, 0.25) is 0 Å². The van der Waals surface area contributed by atoms with Crippen molar-refractivity contribution in [3.05, 3.63) is 36.6 Å². The SMILES string of the molecule is C=CC1=C(C=C)N(C(=O)OC)C(C)CC1. The van der Waals surface area contributed by atoms with Crippen molar-refractivity contribution in [1.82, 2.24) is 4.90 Å². The van der Waals surface area contributed by atoms with E-state index < -0.39 is 0 Å². The Bertz CT molecular complexity index is 318. The molecule has 0 fully saturated rings. The number of hydrogen-bond acceptors (Lipinski definition) is 2. The van der Waals surface area contributed by atoms with Crippen LogP contribution in [-0.4, -0.2) is 24.1 Å². The van der Waals surface area contributed by atoms with E-state index in [2.05, 4.69) is 13.2 Å². The molecule has 3 nitrogen and oxygen atoms in total.